The molecule has 1 fully saturated rings. The van der Waals surface area contributed by atoms with E-state index in [0.717, 1.165) is 26.2 Å². The van der Waals surface area contributed by atoms with Crippen LogP contribution >= 0.6 is 0 Å². The molecule has 0 aromatic carbocycles. The molecule has 0 saturated carbocycles. The van der Waals surface area contributed by atoms with Crippen LogP contribution in [0.25, 0.3) is 0 Å². The van der Waals surface area contributed by atoms with Crippen LogP contribution in [0.4, 0.5) is 0 Å². The summed E-state index contributed by atoms with van der Waals surface area (Å²) < 4.78 is 0. The fourth-order valence-electron chi connectivity index (χ4n) is 1.33. The predicted octanol–water partition coefficient (Wildman–Crippen LogP) is -1.06. The maximum Gasteiger partial charge on any atom is 0.242 e. The summed E-state index contributed by atoms with van der Waals surface area (Å²) in [5, 5.41) is 5.74. The molecule has 5 nitrogen and oxygen atoms in total. The topological polar surface area (TPSA) is 61.4 Å². The van der Waals surface area contributed by atoms with Gasteiger partial charge >= 0.3 is 0 Å². The molecule has 1 saturated heterocycles. The van der Waals surface area contributed by atoms with Crippen molar-refractivity contribution in [3.05, 3.63) is 0 Å². The first-order chi connectivity index (χ1) is 6.74. The van der Waals surface area contributed by atoms with Crippen LogP contribution in [-0.4, -0.2) is 49.4 Å². The highest BCUT2D eigenvalue weighted by Gasteiger charge is 2.15. The van der Waals surface area contributed by atoms with Crippen LogP contribution in [0.3, 0.4) is 0 Å². The average Bonchev–Trinajstić information content (AvgIpc) is 2.26. The fraction of sp³-hybridized carbons (Fsp3) is 0.778. The van der Waals surface area contributed by atoms with E-state index in [1.54, 1.807) is 11.8 Å². The summed E-state index contributed by atoms with van der Waals surface area (Å²) in [6.07, 6.45) is 0.425. The summed E-state index contributed by atoms with van der Waals surface area (Å²) in [5.41, 5.74) is 0. The van der Waals surface area contributed by atoms with Crippen LogP contribution in [0.15, 0.2) is 0 Å². The van der Waals surface area contributed by atoms with Crippen molar-refractivity contribution in [2.45, 2.75) is 13.3 Å². The van der Waals surface area contributed by atoms with E-state index in [0.29, 0.717) is 6.42 Å². The van der Waals surface area contributed by atoms with Crippen molar-refractivity contribution in [1.82, 2.24) is 15.5 Å². The Bertz CT molecular complexity index is 212. The van der Waals surface area contributed by atoms with E-state index in [1.807, 2.05) is 0 Å². The van der Waals surface area contributed by atoms with Gasteiger partial charge in [-0.2, -0.15) is 0 Å². The van der Waals surface area contributed by atoms with Gasteiger partial charge in [0.2, 0.25) is 11.8 Å². The molecule has 0 aromatic heterocycles. The maximum atomic E-state index is 11.5. The molecule has 0 atom stereocenters. The van der Waals surface area contributed by atoms with Crippen LogP contribution in [0.5, 0.6) is 0 Å². The molecule has 5 heteroatoms. The summed E-state index contributed by atoms with van der Waals surface area (Å²) in [7, 11) is 0. The Balaban J connectivity index is 2.23. The summed E-state index contributed by atoms with van der Waals surface area (Å²) in [4.78, 5) is 24.2. The van der Waals surface area contributed by atoms with E-state index in [-0.39, 0.29) is 18.4 Å². The van der Waals surface area contributed by atoms with Crippen LogP contribution in [0.1, 0.15) is 13.3 Å². The molecule has 0 bridgehead atoms. The van der Waals surface area contributed by atoms with E-state index in [4.69, 9.17) is 0 Å². The second-order valence-electron chi connectivity index (χ2n) is 3.26. The molecule has 0 aromatic rings. The third kappa shape index (κ3) is 3.33. The first-order valence-corrected chi connectivity index (χ1v) is 4.99. The van der Waals surface area contributed by atoms with Crippen molar-refractivity contribution in [2.24, 2.45) is 0 Å². The highest BCUT2D eigenvalue weighted by Crippen LogP contribution is 1.92. The monoisotopic (exact) mass is 199 g/mol. The second kappa shape index (κ2) is 5.59. The number of carbonyl (C=O) groups is 2. The van der Waals surface area contributed by atoms with Gasteiger partial charge in [-0.05, 0) is 0 Å². The molecule has 1 aliphatic heterocycles. The quantitative estimate of drug-likeness (QED) is 0.609. The van der Waals surface area contributed by atoms with Crippen molar-refractivity contribution in [3.8, 4) is 0 Å². The highest BCUT2D eigenvalue weighted by atomic mass is 16.2. The number of hydrogen-bond donors (Lipinski definition) is 2. The van der Waals surface area contributed by atoms with Gasteiger partial charge in [0, 0.05) is 32.6 Å². The van der Waals surface area contributed by atoms with E-state index < -0.39 is 0 Å². The molecule has 0 spiro atoms. The number of rotatable bonds is 3. The zero-order chi connectivity index (χ0) is 10.4. The summed E-state index contributed by atoms with van der Waals surface area (Å²) in [6.45, 7) is 5.06. The molecule has 0 radical (unpaired) electrons. The van der Waals surface area contributed by atoms with Gasteiger partial charge in [-0.3, -0.25) is 9.59 Å². The Hall–Kier alpha value is -1.10. The SMILES string of the molecule is CCC(=O)NCC(=O)N1CCNCC1. The molecule has 0 unspecified atom stereocenters. The number of carbonyl (C=O) groups excluding carboxylic acids is 2. The predicted molar refractivity (Wildman–Crippen MR) is 52.8 cm³/mol. The Morgan fingerprint density at radius 3 is 2.57 bits per heavy atom. The normalized spacial score (nSPS) is 16.5. The molecular weight excluding hydrogens is 182 g/mol. The van der Waals surface area contributed by atoms with Crippen LogP contribution in [0, 0.1) is 0 Å². The largest absolute Gasteiger partial charge is 0.347 e. The average molecular weight is 199 g/mol. The number of nitrogens with one attached hydrogen (secondary N) is 2. The van der Waals surface area contributed by atoms with Gasteiger partial charge in [-0.25, -0.2) is 0 Å². The minimum atomic E-state index is -0.0755. The minimum Gasteiger partial charge on any atom is -0.347 e. The smallest absolute Gasteiger partial charge is 0.242 e. The number of hydrogen-bond acceptors (Lipinski definition) is 3. The third-order valence-electron chi connectivity index (χ3n) is 2.23. The van der Waals surface area contributed by atoms with Gasteiger partial charge in [-0.15, -0.1) is 0 Å². The Labute approximate surface area is 83.8 Å². The van der Waals surface area contributed by atoms with Crippen LogP contribution < -0.4 is 10.6 Å². The minimum absolute atomic E-state index is 0.00769. The Morgan fingerprint density at radius 2 is 2.00 bits per heavy atom. The third-order valence-corrected chi connectivity index (χ3v) is 2.23. The molecule has 1 aliphatic rings. The number of piperazine rings is 1. The van der Waals surface area contributed by atoms with E-state index in [1.165, 1.54) is 0 Å². The standard InChI is InChI=1S/C9H17N3O2/c1-2-8(13)11-7-9(14)12-5-3-10-4-6-12/h10H,2-7H2,1H3,(H,11,13). The first kappa shape index (κ1) is 11.0. The van der Waals surface area contributed by atoms with Crippen molar-refractivity contribution in [2.75, 3.05) is 32.7 Å². The van der Waals surface area contributed by atoms with E-state index >= 15 is 0 Å². The van der Waals surface area contributed by atoms with Gasteiger partial charge in [0.05, 0.1) is 6.54 Å². The molecule has 14 heavy (non-hydrogen) atoms. The van der Waals surface area contributed by atoms with Crippen LogP contribution in [0.2, 0.25) is 0 Å². The molecule has 0 aliphatic carbocycles. The lowest BCUT2D eigenvalue weighted by molar-refractivity contribution is -0.133. The van der Waals surface area contributed by atoms with Gasteiger partial charge < -0.3 is 15.5 Å². The summed E-state index contributed by atoms with van der Waals surface area (Å²) in [6, 6.07) is 0. The fourth-order valence-corrected chi connectivity index (χ4v) is 1.33. The van der Waals surface area contributed by atoms with E-state index in [2.05, 4.69) is 10.6 Å². The Kier molecular flexibility index (Phi) is 4.39. The van der Waals surface area contributed by atoms with Gasteiger partial charge in [0.15, 0.2) is 0 Å². The zero-order valence-corrected chi connectivity index (χ0v) is 8.51. The van der Waals surface area contributed by atoms with Gasteiger partial charge in [0.1, 0.15) is 0 Å². The molecular formula is C9H17N3O2. The highest BCUT2D eigenvalue weighted by molar-refractivity contribution is 5.84. The first-order valence-electron chi connectivity index (χ1n) is 4.99. The summed E-state index contributed by atoms with van der Waals surface area (Å²) in [5.74, 6) is -0.0678. The van der Waals surface area contributed by atoms with Gasteiger partial charge in [0.25, 0.3) is 0 Å². The molecule has 2 N–H and O–H groups in total. The molecule has 2 amide bonds. The van der Waals surface area contributed by atoms with Crippen molar-refractivity contribution in [1.29, 1.82) is 0 Å². The second-order valence-corrected chi connectivity index (χ2v) is 3.26. The van der Waals surface area contributed by atoms with Crippen molar-refractivity contribution in [3.63, 3.8) is 0 Å². The maximum absolute atomic E-state index is 11.5. The zero-order valence-electron chi connectivity index (χ0n) is 8.51. The number of amides is 2. The molecule has 1 rings (SSSR count). The lowest BCUT2D eigenvalue weighted by atomic mass is 10.3. The number of nitrogens with zero attached hydrogens (tertiary/aromatic N) is 1. The summed E-state index contributed by atoms with van der Waals surface area (Å²) >= 11 is 0. The van der Waals surface area contributed by atoms with Crippen molar-refractivity contribution >= 4 is 11.8 Å². The van der Waals surface area contributed by atoms with Gasteiger partial charge in [-0.1, -0.05) is 6.92 Å². The Morgan fingerprint density at radius 1 is 1.36 bits per heavy atom. The molecule has 1 heterocycles. The molecule has 80 valence electrons. The van der Waals surface area contributed by atoms with E-state index in [9.17, 15) is 9.59 Å². The lowest BCUT2D eigenvalue weighted by Crippen LogP contribution is -2.49. The van der Waals surface area contributed by atoms with Crippen LogP contribution in [-0.2, 0) is 9.59 Å². The van der Waals surface area contributed by atoms with Crippen molar-refractivity contribution < 1.29 is 9.59 Å². The lowest BCUT2D eigenvalue weighted by Gasteiger charge is -2.27.